The molecule has 23 heavy (non-hydrogen) atoms. The van der Waals surface area contributed by atoms with E-state index in [1.165, 1.54) is 0 Å². The molecule has 2 aliphatic carbocycles. The fourth-order valence-electron chi connectivity index (χ4n) is 1.92. The molecule has 2 saturated carbocycles. The van der Waals surface area contributed by atoms with Crippen molar-refractivity contribution in [2.45, 2.75) is 47.2 Å². The van der Waals surface area contributed by atoms with Crippen LogP contribution in [0.2, 0.25) is 0 Å². The van der Waals surface area contributed by atoms with Gasteiger partial charge in [0.1, 0.15) is 0 Å². The predicted molar refractivity (Wildman–Crippen MR) is 38.4 cm³/mol. The van der Waals surface area contributed by atoms with Gasteiger partial charge in [0.2, 0.25) is 0 Å². The molecular formula is C8F14O. The van der Waals surface area contributed by atoms with E-state index in [-0.39, 0.29) is 0 Å². The predicted octanol–water partition coefficient (Wildman–Crippen LogP) is 4.17. The van der Waals surface area contributed by atoms with Gasteiger partial charge < -0.3 is 0 Å². The molecule has 136 valence electrons. The van der Waals surface area contributed by atoms with Gasteiger partial charge in [0.25, 0.3) is 0 Å². The fourth-order valence-corrected chi connectivity index (χ4v) is 1.92. The minimum Gasteiger partial charge on any atom is -0.288 e. The van der Waals surface area contributed by atoms with Gasteiger partial charge >= 0.3 is 47.2 Å². The maximum absolute atomic E-state index is 13.3. The average molecular weight is 378 g/mol. The molecule has 2 fully saturated rings. The van der Waals surface area contributed by atoms with E-state index in [2.05, 4.69) is 0 Å². The summed E-state index contributed by atoms with van der Waals surface area (Å²) in [6.45, 7) is 0. The van der Waals surface area contributed by atoms with E-state index in [1.54, 1.807) is 0 Å². The summed E-state index contributed by atoms with van der Waals surface area (Å²) in [5, 5.41) is 0. The lowest BCUT2D eigenvalue weighted by Crippen LogP contribution is -2.92. The van der Waals surface area contributed by atoms with Crippen LogP contribution in [0.1, 0.15) is 0 Å². The average Bonchev–Trinajstić information content (AvgIpc) is 2.35. The van der Waals surface area contributed by atoms with E-state index < -0.39 is 47.2 Å². The van der Waals surface area contributed by atoms with Crippen LogP contribution in [0.25, 0.3) is 0 Å². The summed E-state index contributed by atoms with van der Waals surface area (Å²) in [7, 11) is 0. The summed E-state index contributed by atoms with van der Waals surface area (Å²) in [4.78, 5) is 0. The Morgan fingerprint density at radius 1 is 0.304 bits per heavy atom. The van der Waals surface area contributed by atoms with Crippen molar-refractivity contribution in [2.75, 3.05) is 0 Å². The number of ether oxygens (including phenoxy) is 1. The van der Waals surface area contributed by atoms with Crippen LogP contribution >= 0.6 is 0 Å². The smallest absolute Gasteiger partial charge is 0.288 e. The third-order valence-corrected chi connectivity index (χ3v) is 3.47. The zero-order chi connectivity index (χ0) is 18.7. The third-order valence-electron chi connectivity index (χ3n) is 3.47. The van der Waals surface area contributed by atoms with Crippen molar-refractivity contribution in [3.63, 3.8) is 0 Å². The summed E-state index contributed by atoms with van der Waals surface area (Å²) >= 11 is 0. The van der Waals surface area contributed by atoms with Crippen molar-refractivity contribution in [1.82, 2.24) is 0 Å². The summed E-state index contributed by atoms with van der Waals surface area (Å²) in [6, 6.07) is 0. The summed E-state index contributed by atoms with van der Waals surface area (Å²) in [5.41, 5.74) is 0. The molecular weight excluding hydrogens is 378 g/mol. The maximum atomic E-state index is 13.3. The Labute approximate surface area is 115 Å². The molecule has 0 aromatic heterocycles. The van der Waals surface area contributed by atoms with Gasteiger partial charge in [-0.1, -0.05) is 0 Å². The first-order chi connectivity index (χ1) is 9.71. The van der Waals surface area contributed by atoms with Crippen molar-refractivity contribution in [3.05, 3.63) is 0 Å². The third kappa shape index (κ3) is 1.28. The minimum absolute atomic E-state index is 1.94. The van der Waals surface area contributed by atoms with Crippen LogP contribution in [-0.4, -0.2) is 47.2 Å². The second-order valence-electron chi connectivity index (χ2n) is 4.74. The van der Waals surface area contributed by atoms with Crippen molar-refractivity contribution < 1.29 is 66.2 Å². The minimum atomic E-state index is -6.76. The number of hydrogen-bond donors (Lipinski definition) is 0. The van der Waals surface area contributed by atoms with E-state index in [4.69, 9.17) is 0 Å². The molecule has 0 aliphatic heterocycles. The number of halogens is 14. The van der Waals surface area contributed by atoms with Crippen LogP contribution in [0.5, 0.6) is 0 Å². The van der Waals surface area contributed by atoms with Gasteiger partial charge in [0.15, 0.2) is 0 Å². The molecule has 0 heterocycles. The Bertz CT molecular complexity index is 465. The molecule has 0 amide bonds. The van der Waals surface area contributed by atoms with Crippen LogP contribution in [0, 0.1) is 0 Å². The van der Waals surface area contributed by atoms with Gasteiger partial charge in [-0.3, -0.25) is 4.74 Å². The van der Waals surface area contributed by atoms with E-state index in [1.807, 2.05) is 4.74 Å². The van der Waals surface area contributed by atoms with Crippen molar-refractivity contribution >= 4 is 0 Å². The van der Waals surface area contributed by atoms with Crippen LogP contribution in [0.3, 0.4) is 0 Å². The highest BCUT2D eigenvalue weighted by molar-refractivity contribution is 5.29. The second-order valence-corrected chi connectivity index (χ2v) is 4.74. The molecule has 0 unspecified atom stereocenters. The highest BCUT2D eigenvalue weighted by atomic mass is 19.4. The van der Waals surface area contributed by atoms with Crippen LogP contribution < -0.4 is 0 Å². The summed E-state index contributed by atoms with van der Waals surface area (Å²) in [6.07, 6.45) is 0. The van der Waals surface area contributed by atoms with Gasteiger partial charge in [0.05, 0.1) is 0 Å². The van der Waals surface area contributed by atoms with Crippen molar-refractivity contribution in [1.29, 1.82) is 0 Å². The van der Waals surface area contributed by atoms with Gasteiger partial charge in [-0.2, -0.15) is 61.5 Å². The summed E-state index contributed by atoms with van der Waals surface area (Å²) in [5.74, 6) is -53.8. The van der Waals surface area contributed by atoms with Gasteiger partial charge in [-0.25, -0.2) is 0 Å². The molecule has 2 rings (SSSR count). The van der Waals surface area contributed by atoms with Gasteiger partial charge in [-0.05, 0) is 0 Å². The molecule has 0 N–H and O–H groups in total. The zero-order valence-electron chi connectivity index (χ0n) is 9.70. The Balaban J connectivity index is 2.51. The Morgan fingerprint density at radius 3 is 0.652 bits per heavy atom. The molecule has 0 spiro atoms. The van der Waals surface area contributed by atoms with E-state index in [9.17, 15) is 61.5 Å². The lowest BCUT2D eigenvalue weighted by molar-refractivity contribution is -0.611. The number of hydrogen-bond acceptors (Lipinski definition) is 1. The number of rotatable bonds is 2. The van der Waals surface area contributed by atoms with Crippen molar-refractivity contribution in [2.24, 2.45) is 0 Å². The van der Waals surface area contributed by atoms with Crippen LogP contribution in [-0.2, 0) is 4.74 Å². The second kappa shape index (κ2) is 3.64. The molecule has 0 aromatic carbocycles. The SMILES string of the molecule is FC1(F)C(F)(F)C(F)(OC2(F)C(F)(F)C(F)(F)C2(F)F)C1(F)F. The fraction of sp³-hybridized carbons (Fsp3) is 1.00. The first kappa shape index (κ1) is 18.3. The van der Waals surface area contributed by atoms with Gasteiger partial charge in [-0.15, -0.1) is 0 Å². The molecule has 0 saturated heterocycles. The van der Waals surface area contributed by atoms with Crippen molar-refractivity contribution in [3.8, 4) is 0 Å². The summed E-state index contributed by atoms with van der Waals surface area (Å²) < 4.78 is 179. The quantitative estimate of drug-likeness (QED) is 0.656. The van der Waals surface area contributed by atoms with Crippen LogP contribution in [0.4, 0.5) is 61.5 Å². The Morgan fingerprint density at radius 2 is 0.478 bits per heavy atom. The number of alkyl halides is 14. The molecule has 0 radical (unpaired) electrons. The standard InChI is InChI=1S/C8F14O/c9-1(10)3(13,14)7(21,4(1,15)16)23-8(22)5(17,18)2(11,12)6(8,19)20. The first-order valence-electron chi connectivity index (χ1n) is 5.05. The molecule has 1 nitrogen and oxygen atoms in total. The normalized spacial score (nSPS) is 35.7. The molecule has 0 bridgehead atoms. The highest BCUT2D eigenvalue weighted by Crippen LogP contribution is 2.75. The largest absolute Gasteiger partial charge is 0.384 e. The lowest BCUT2D eigenvalue weighted by atomic mass is 9.74. The first-order valence-corrected chi connectivity index (χ1v) is 5.05. The highest BCUT2D eigenvalue weighted by Gasteiger charge is 3.08. The zero-order valence-corrected chi connectivity index (χ0v) is 9.70. The Hall–Kier alpha value is -1.02. The topological polar surface area (TPSA) is 9.23 Å². The van der Waals surface area contributed by atoms with Gasteiger partial charge in [0, 0.05) is 0 Å². The van der Waals surface area contributed by atoms with E-state index >= 15 is 0 Å². The lowest BCUT2D eigenvalue weighted by Gasteiger charge is -2.59. The molecule has 15 heteroatoms. The van der Waals surface area contributed by atoms with Crippen LogP contribution in [0.15, 0.2) is 0 Å². The van der Waals surface area contributed by atoms with E-state index in [0.717, 1.165) is 0 Å². The monoisotopic (exact) mass is 378 g/mol. The van der Waals surface area contributed by atoms with E-state index in [0.29, 0.717) is 0 Å². The maximum Gasteiger partial charge on any atom is 0.384 e. The molecule has 2 aliphatic rings. The molecule has 0 aromatic rings. The Kier molecular flexibility index (Phi) is 2.90. The molecule has 0 atom stereocenters.